The largest absolute Gasteiger partial charge is 0.493 e. The van der Waals surface area contributed by atoms with Gasteiger partial charge in [0.15, 0.2) is 0 Å². The molecule has 0 saturated heterocycles. The number of benzene rings is 2. The molecule has 2 aromatic carbocycles. The normalized spacial score (nSPS) is 12.9. The van der Waals surface area contributed by atoms with E-state index in [1.54, 1.807) is 0 Å². The molecule has 5 aromatic rings. The highest BCUT2D eigenvalue weighted by Gasteiger charge is 2.27. The Morgan fingerprint density at radius 1 is 0.536 bits per heavy atom. The van der Waals surface area contributed by atoms with Crippen molar-refractivity contribution in [1.29, 1.82) is 0 Å². The fourth-order valence-electron chi connectivity index (χ4n) is 8.62. The lowest BCUT2D eigenvalue weighted by atomic mass is 9.93. The van der Waals surface area contributed by atoms with Gasteiger partial charge in [0.1, 0.15) is 11.5 Å². The minimum absolute atomic E-state index is 0.610. The van der Waals surface area contributed by atoms with Crippen molar-refractivity contribution in [3.8, 4) is 33.8 Å². The summed E-state index contributed by atoms with van der Waals surface area (Å²) in [5.41, 5.74) is 22.7. The number of halogens is 2. The molecule has 8 heteroatoms. The first kappa shape index (κ1) is 39.8. The summed E-state index contributed by atoms with van der Waals surface area (Å²) in [7, 11) is 0. The molecule has 8 bridgehead atoms. The molecule has 2 aliphatic rings. The quantitative estimate of drug-likeness (QED) is 0.122. The molecule has 0 saturated carbocycles. The third-order valence-corrected chi connectivity index (χ3v) is 12.1. The zero-order valence-electron chi connectivity index (χ0n) is 33.9. The number of fused-ring (bicyclic) bond motifs is 8. The van der Waals surface area contributed by atoms with Gasteiger partial charge < -0.3 is 19.4 Å². The van der Waals surface area contributed by atoms with E-state index in [9.17, 15) is 0 Å². The van der Waals surface area contributed by atoms with Gasteiger partial charge in [0.2, 0.25) is 0 Å². The van der Waals surface area contributed by atoms with Crippen molar-refractivity contribution < 1.29 is 9.47 Å². The van der Waals surface area contributed by atoms with Gasteiger partial charge in [-0.1, -0.05) is 83.8 Å². The Morgan fingerprint density at radius 2 is 0.929 bits per heavy atom. The molecule has 7 rings (SSSR count). The van der Waals surface area contributed by atoms with Crippen molar-refractivity contribution in [2.24, 2.45) is 0 Å². The molecular formula is C48H52Br2N4O2. The Balaban J connectivity index is 1.66. The highest BCUT2D eigenvalue weighted by molar-refractivity contribution is 9.09. The maximum absolute atomic E-state index is 5.97. The van der Waals surface area contributed by atoms with Crippen LogP contribution in [0.3, 0.4) is 0 Å². The maximum Gasteiger partial charge on any atom is 0.119 e. The lowest BCUT2D eigenvalue weighted by Gasteiger charge is -2.11. The molecule has 56 heavy (non-hydrogen) atoms. The van der Waals surface area contributed by atoms with Gasteiger partial charge >= 0.3 is 0 Å². The van der Waals surface area contributed by atoms with E-state index in [1.807, 2.05) is 0 Å². The zero-order valence-corrected chi connectivity index (χ0v) is 37.1. The van der Waals surface area contributed by atoms with Gasteiger partial charge in [-0.3, -0.25) is 0 Å². The number of hydrogen-bond donors (Lipinski definition) is 2. The predicted octanol–water partition coefficient (Wildman–Crippen LogP) is 13.6. The molecule has 2 aliphatic heterocycles. The van der Waals surface area contributed by atoms with E-state index >= 15 is 0 Å². The topological polar surface area (TPSA) is 75.8 Å². The molecule has 0 aliphatic carbocycles. The molecular weight excluding hydrogens is 824 g/mol. The van der Waals surface area contributed by atoms with Crippen LogP contribution < -0.4 is 9.47 Å². The van der Waals surface area contributed by atoms with Crippen molar-refractivity contribution >= 4 is 76.2 Å². The van der Waals surface area contributed by atoms with Crippen LogP contribution in [-0.4, -0.2) is 43.8 Å². The number of rotatable bonds is 12. The summed E-state index contributed by atoms with van der Waals surface area (Å²) in [5, 5.41) is 1.56. The summed E-state index contributed by atoms with van der Waals surface area (Å²) in [4.78, 5) is 19.0. The van der Waals surface area contributed by atoms with Crippen LogP contribution in [-0.2, 0) is 12.8 Å². The van der Waals surface area contributed by atoms with E-state index in [0.717, 1.165) is 115 Å². The third kappa shape index (κ3) is 7.20. The molecule has 0 radical (unpaired) electrons. The molecule has 0 amide bonds. The second-order valence-electron chi connectivity index (χ2n) is 14.5. The lowest BCUT2D eigenvalue weighted by Crippen LogP contribution is -1.98. The van der Waals surface area contributed by atoms with E-state index in [1.165, 1.54) is 44.5 Å². The molecule has 3 aromatic heterocycles. The first-order valence-corrected chi connectivity index (χ1v) is 22.2. The number of H-pyrrole nitrogens is 2. The molecule has 0 fully saturated rings. The first-order valence-electron chi connectivity index (χ1n) is 20.0. The smallest absolute Gasteiger partial charge is 0.119 e. The Hall–Kier alpha value is -4.40. The zero-order chi connectivity index (χ0) is 39.7. The van der Waals surface area contributed by atoms with Gasteiger partial charge in [0, 0.05) is 32.8 Å². The van der Waals surface area contributed by atoms with E-state index in [0.29, 0.717) is 13.2 Å². The fraction of sp³-hybridized carbons (Fsp3) is 0.333. The minimum atomic E-state index is 0.610. The molecule has 5 heterocycles. The maximum atomic E-state index is 5.97. The molecule has 0 atom stereocenters. The van der Waals surface area contributed by atoms with E-state index < -0.39 is 0 Å². The Labute approximate surface area is 348 Å². The number of nitrogens with zero attached hydrogens (tertiary/aromatic N) is 2. The van der Waals surface area contributed by atoms with Crippen molar-refractivity contribution in [2.75, 3.05) is 23.9 Å². The van der Waals surface area contributed by atoms with Crippen LogP contribution >= 0.6 is 31.9 Å². The van der Waals surface area contributed by atoms with Crippen molar-refractivity contribution in [3.63, 3.8) is 0 Å². The van der Waals surface area contributed by atoms with Crippen LogP contribution in [0.4, 0.5) is 0 Å². The molecule has 6 nitrogen and oxygen atoms in total. The highest BCUT2D eigenvalue weighted by atomic mass is 79.9. The molecule has 0 spiro atoms. The predicted molar refractivity (Wildman–Crippen MR) is 244 cm³/mol. The summed E-state index contributed by atoms with van der Waals surface area (Å²) in [6.45, 7) is 19.2. The van der Waals surface area contributed by atoms with Crippen LogP contribution in [0.1, 0.15) is 99.4 Å². The monoisotopic (exact) mass is 874 g/mol. The van der Waals surface area contributed by atoms with Gasteiger partial charge in [-0.05, 0) is 145 Å². The van der Waals surface area contributed by atoms with Gasteiger partial charge in [0.05, 0.1) is 47.0 Å². The second-order valence-corrected chi connectivity index (χ2v) is 16.1. The number of aromatic nitrogens is 4. The lowest BCUT2D eigenvalue weighted by molar-refractivity contribution is 0.345. The number of alkyl halides is 2. The Kier molecular flexibility index (Phi) is 12.1. The highest BCUT2D eigenvalue weighted by Crippen LogP contribution is 2.44. The second kappa shape index (κ2) is 17.0. The SMILES string of the molecule is CCC1=C(C)c2nc1cc1[nH]c(c(C)c1CC)c(-c1ccc(OCCBr)cc1)c1[nH]c(cc3nc(c2-c2ccc(OCCBr)cc2)C(C)=C3CC)c(CC)c1C. The van der Waals surface area contributed by atoms with Crippen LogP contribution in [0.2, 0.25) is 0 Å². The minimum Gasteiger partial charge on any atom is -0.493 e. The Bertz CT molecular complexity index is 2400. The number of ether oxygens (including phenoxy) is 2. The first-order chi connectivity index (χ1) is 27.2. The van der Waals surface area contributed by atoms with Crippen LogP contribution in [0, 0.1) is 13.8 Å². The van der Waals surface area contributed by atoms with E-state index in [-0.39, 0.29) is 0 Å². The number of aromatic amines is 2. The van der Waals surface area contributed by atoms with Gasteiger partial charge in [-0.2, -0.15) is 0 Å². The fourth-order valence-corrected chi connectivity index (χ4v) is 8.95. The van der Waals surface area contributed by atoms with Crippen LogP contribution in [0.5, 0.6) is 11.5 Å². The summed E-state index contributed by atoms with van der Waals surface area (Å²) in [6.07, 6.45) is 3.50. The number of nitrogens with one attached hydrogen (secondary N) is 2. The van der Waals surface area contributed by atoms with Crippen molar-refractivity contribution in [3.05, 3.63) is 106 Å². The molecule has 2 N–H and O–H groups in total. The van der Waals surface area contributed by atoms with Gasteiger partial charge in [-0.25, -0.2) is 9.97 Å². The third-order valence-electron chi connectivity index (χ3n) is 11.5. The van der Waals surface area contributed by atoms with Gasteiger partial charge in [-0.15, -0.1) is 0 Å². The average Bonchev–Trinajstić information content (AvgIpc) is 3.90. The average molecular weight is 877 g/mol. The van der Waals surface area contributed by atoms with Crippen LogP contribution in [0.15, 0.2) is 60.7 Å². The van der Waals surface area contributed by atoms with Gasteiger partial charge in [0.25, 0.3) is 0 Å². The van der Waals surface area contributed by atoms with Crippen molar-refractivity contribution in [2.45, 2.75) is 81.1 Å². The van der Waals surface area contributed by atoms with E-state index in [2.05, 4.69) is 158 Å². The summed E-state index contributed by atoms with van der Waals surface area (Å²) < 4.78 is 11.9. The number of aryl methyl sites for hydroxylation is 4. The van der Waals surface area contributed by atoms with Crippen molar-refractivity contribution in [1.82, 2.24) is 19.9 Å². The van der Waals surface area contributed by atoms with E-state index in [4.69, 9.17) is 19.4 Å². The van der Waals surface area contributed by atoms with Crippen LogP contribution in [0.25, 0.3) is 66.6 Å². The molecule has 290 valence electrons. The summed E-state index contributed by atoms with van der Waals surface area (Å²) >= 11 is 6.98. The standard InChI is InChI=1S/C48H52Br2N4O2/c1-9-35-27(5)45-43(31-13-17-33(18-14-31)55-23-21-49)46-29(7)37(11-3)41(53-46)26-42-38(12-4)30(8)48(54-42)44(32-15-19-34(20-16-32)56-24-22-50)47-28(6)36(10-2)40(52-47)25-39(35)51-45/h13-20,25-26,51,53H,9-12,21-24H2,1-8H3. The molecule has 0 unspecified atom stereocenters. The summed E-state index contributed by atoms with van der Waals surface area (Å²) in [6, 6.07) is 21.5. The Morgan fingerprint density at radius 3 is 1.29 bits per heavy atom. The summed E-state index contributed by atoms with van der Waals surface area (Å²) in [5.74, 6) is 1.70. The number of hydrogen-bond acceptors (Lipinski definition) is 4. The number of allylic oxidation sites excluding steroid dienone is 4.